The first-order valence-corrected chi connectivity index (χ1v) is 11.0. The Morgan fingerprint density at radius 2 is 2.00 bits per heavy atom. The van der Waals surface area contributed by atoms with Gasteiger partial charge in [-0.1, -0.05) is 0 Å². The fourth-order valence-electron chi connectivity index (χ4n) is 4.16. The summed E-state index contributed by atoms with van der Waals surface area (Å²) < 4.78 is 33.9. The number of aliphatic hydroxyl groups is 1. The van der Waals surface area contributed by atoms with Crippen LogP contribution in [0.4, 0.5) is 0 Å². The molecule has 0 radical (unpaired) electrons. The number of benzene rings is 1. The van der Waals surface area contributed by atoms with Crippen LogP contribution in [0.2, 0.25) is 0 Å². The number of piperidine rings is 1. The van der Waals surface area contributed by atoms with E-state index in [1.165, 1.54) is 0 Å². The molecular formula is C19H30N2O4S. The molecule has 26 heavy (non-hydrogen) atoms. The van der Waals surface area contributed by atoms with E-state index in [0.29, 0.717) is 23.9 Å². The lowest BCUT2D eigenvalue weighted by atomic mass is 9.91. The number of nitrogens with one attached hydrogen (secondary N) is 1. The predicted octanol–water partition coefficient (Wildman–Crippen LogP) is 1.56. The summed E-state index contributed by atoms with van der Waals surface area (Å²) in [6.07, 6.45) is 5.85. The topological polar surface area (TPSA) is 78.9 Å². The fraction of sp³-hybridized carbons (Fsp3) is 0.684. The molecule has 1 aliphatic heterocycles. The average molecular weight is 383 g/mol. The Balaban J connectivity index is 1.67. The van der Waals surface area contributed by atoms with Crippen LogP contribution in [-0.2, 0) is 22.9 Å². The van der Waals surface area contributed by atoms with E-state index in [1.807, 2.05) is 0 Å². The third-order valence-corrected chi connectivity index (χ3v) is 7.09. The van der Waals surface area contributed by atoms with Gasteiger partial charge in [-0.25, -0.2) is 13.1 Å². The molecule has 0 amide bonds. The molecule has 0 unspecified atom stereocenters. The minimum absolute atomic E-state index is 0.209. The smallest absolute Gasteiger partial charge is 0.240 e. The van der Waals surface area contributed by atoms with Crippen LogP contribution in [0.3, 0.4) is 0 Å². The number of sulfonamides is 1. The highest BCUT2D eigenvalue weighted by Gasteiger charge is 2.25. The minimum Gasteiger partial charge on any atom is -0.496 e. The summed E-state index contributed by atoms with van der Waals surface area (Å²) in [6.45, 7) is 3.09. The summed E-state index contributed by atoms with van der Waals surface area (Å²) in [5.41, 5.74) is 1.96. The molecule has 0 aromatic heterocycles. The van der Waals surface area contributed by atoms with Crippen LogP contribution < -0.4 is 9.46 Å². The zero-order valence-electron chi connectivity index (χ0n) is 15.5. The van der Waals surface area contributed by atoms with Gasteiger partial charge in [0.2, 0.25) is 10.0 Å². The third kappa shape index (κ3) is 4.39. The van der Waals surface area contributed by atoms with Crippen LogP contribution in [0.15, 0.2) is 17.0 Å². The van der Waals surface area contributed by atoms with E-state index in [9.17, 15) is 13.5 Å². The molecular weight excluding hydrogens is 352 g/mol. The number of rotatable bonds is 7. The van der Waals surface area contributed by atoms with Gasteiger partial charge in [0.05, 0.1) is 12.0 Å². The van der Waals surface area contributed by atoms with Crippen LogP contribution in [0.25, 0.3) is 0 Å². The number of nitrogens with zero attached hydrogens (tertiary/aromatic N) is 1. The Hall–Kier alpha value is -1.15. The van der Waals surface area contributed by atoms with Crippen molar-refractivity contribution in [2.45, 2.75) is 43.4 Å². The molecule has 1 heterocycles. The van der Waals surface area contributed by atoms with Gasteiger partial charge < -0.3 is 14.7 Å². The summed E-state index contributed by atoms with van der Waals surface area (Å²) in [4.78, 5) is 2.64. The number of ether oxygens (including phenoxy) is 1. The third-order valence-electron chi connectivity index (χ3n) is 5.54. The molecule has 0 bridgehead atoms. The minimum atomic E-state index is -3.53. The Labute approximate surface area is 156 Å². The molecule has 3 rings (SSSR count). The summed E-state index contributed by atoms with van der Waals surface area (Å²) in [5.74, 6) is 1.11. The van der Waals surface area contributed by atoms with E-state index in [4.69, 9.17) is 4.74 Å². The van der Waals surface area contributed by atoms with Crippen LogP contribution in [0.1, 0.15) is 36.8 Å². The maximum atomic E-state index is 12.9. The van der Waals surface area contributed by atoms with Crippen LogP contribution >= 0.6 is 0 Å². The van der Waals surface area contributed by atoms with Gasteiger partial charge in [-0.05, 0) is 74.2 Å². The lowest BCUT2D eigenvalue weighted by Crippen LogP contribution is -2.41. The highest BCUT2D eigenvalue weighted by molar-refractivity contribution is 7.89. The quantitative estimate of drug-likeness (QED) is 0.748. The van der Waals surface area contributed by atoms with Gasteiger partial charge in [-0.15, -0.1) is 0 Å². The number of hydrogen-bond acceptors (Lipinski definition) is 5. The second kappa shape index (κ2) is 8.69. The van der Waals surface area contributed by atoms with Crippen molar-refractivity contribution in [1.82, 2.24) is 9.62 Å². The molecule has 1 aromatic rings. The Morgan fingerprint density at radius 3 is 2.73 bits per heavy atom. The Morgan fingerprint density at radius 1 is 1.23 bits per heavy atom. The fourth-order valence-corrected chi connectivity index (χ4v) is 5.48. The SMILES string of the molecule is COc1ccc(S(=O)(=O)NCCN2CCC[C@@H](CO)C2)c2c1CCCC2. The second-order valence-corrected chi connectivity index (χ2v) is 9.05. The van der Waals surface area contributed by atoms with Gasteiger partial charge in [0, 0.05) is 26.2 Å². The van der Waals surface area contributed by atoms with Gasteiger partial charge in [0.15, 0.2) is 0 Å². The van der Waals surface area contributed by atoms with Crippen LogP contribution in [-0.4, -0.2) is 58.3 Å². The molecule has 0 spiro atoms. The van der Waals surface area contributed by atoms with Gasteiger partial charge in [-0.2, -0.15) is 0 Å². The van der Waals surface area contributed by atoms with Crippen molar-refractivity contribution in [2.24, 2.45) is 5.92 Å². The lowest BCUT2D eigenvalue weighted by Gasteiger charge is -2.31. The highest BCUT2D eigenvalue weighted by atomic mass is 32.2. The predicted molar refractivity (Wildman–Crippen MR) is 101 cm³/mol. The number of aliphatic hydroxyl groups excluding tert-OH is 1. The molecule has 0 saturated carbocycles. The van der Waals surface area contributed by atoms with E-state index in [-0.39, 0.29) is 6.61 Å². The number of hydrogen-bond donors (Lipinski definition) is 2. The first kappa shape index (κ1) is 19.6. The highest BCUT2D eigenvalue weighted by Crippen LogP contribution is 2.34. The first-order chi connectivity index (χ1) is 12.5. The summed E-state index contributed by atoms with van der Waals surface area (Å²) >= 11 is 0. The van der Waals surface area contributed by atoms with Gasteiger partial charge in [-0.3, -0.25) is 0 Å². The maximum absolute atomic E-state index is 12.9. The normalized spacial score (nSPS) is 21.4. The van der Waals surface area contributed by atoms with E-state index >= 15 is 0 Å². The van der Waals surface area contributed by atoms with E-state index in [1.54, 1.807) is 19.2 Å². The van der Waals surface area contributed by atoms with Crippen molar-refractivity contribution in [3.63, 3.8) is 0 Å². The van der Waals surface area contributed by atoms with Crippen molar-refractivity contribution >= 4 is 10.0 Å². The van der Waals surface area contributed by atoms with Gasteiger partial charge in [0.25, 0.3) is 0 Å². The summed E-state index contributed by atoms with van der Waals surface area (Å²) in [6, 6.07) is 3.45. The molecule has 1 fully saturated rings. The van der Waals surface area contributed by atoms with E-state index in [0.717, 1.165) is 68.5 Å². The van der Waals surface area contributed by atoms with Gasteiger partial charge >= 0.3 is 0 Å². The second-order valence-electron chi connectivity index (χ2n) is 7.32. The standard InChI is InChI=1S/C19H30N2O4S/c1-25-18-8-9-19(17-7-3-2-6-16(17)18)26(23,24)20-10-12-21-11-4-5-15(13-21)14-22/h8-9,15,20,22H,2-7,10-14H2,1H3/t15-/m1/s1. The van der Waals surface area contributed by atoms with Crippen molar-refractivity contribution in [2.75, 3.05) is 39.9 Å². The first-order valence-electron chi connectivity index (χ1n) is 9.56. The summed E-state index contributed by atoms with van der Waals surface area (Å²) in [7, 11) is -1.89. The average Bonchev–Trinajstić information content (AvgIpc) is 2.67. The zero-order valence-corrected chi connectivity index (χ0v) is 16.4. The molecule has 7 heteroatoms. The molecule has 2 N–H and O–H groups in total. The van der Waals surface area contributed by atoms with Crippen molar-refractivity contribution < 1.29 is 18.3 Å². The van der Waals surface area contributed by atoms with Crippen LogP contribution in [0, 0.1) is 5.92 Å². The monoisotopic (exact) mass is 382 g/mol. The molecule has 6 nitrogen and oxygen atoms in total. The van der Waals surface area contributed by atoms with Crippen LogP contribution in [0.5, 0.6) is 5.75 Å². The zero-order chi connectivity index (χ0) is 18.6. The number of methoxy groups -OCH3 is 1. The maximum Gasteiger partial charge on any atom is 0.240 e. The molecule has 1 atom stereocenters. The molecule has 1 saturated heterocycles. The molecule has 1 aliphatic carbocycles. The number of fused-ring (bicyclic) bond motifs is 1. The molecule has 2 aliphatic rings. The van der Waals surface area contributed by atoms with Crippen molar-refractivity contribution in [3.05, 3.63) is 23.3 Å². The van der Waals surface area contributed by atoms with Crippen molar-refractivity contribution in [1.29, 1.82) is 0 Å². The van der Waals surface area contributed by atoms with E-state index < -0.39 is 10.0 Å². The van der Waals surface area contributed by atoms with E-state index in [2.05, 4.69) is 9.62 Å². The summed E-state index contributed by atoms with van der Waals surface area (Å²) in [5, 5.41) is 9.32. The number of likely N-dealkylation sites (tertiary alicyclic amines) is 1. The Bertz CT molecular complexity index is 720. The largest absolute Gasteiger partial charge is 0.496 e. The molecule has 146 valence electrons. The Kier molecular flexibility index (Phi) is 6.55. The van der Waals surface area contributed by atoms with Gasteiger partial charge in [0.1, 0.15) is 5.75 Å². The van der Waals surface area contributed by atoms with Crippen molar-refractivity contribution in [3.8, 4) is 5.75 Å². The lowest BCUT2D eigenvalue weighted by molar-refractivity contribution is 0.122. The molecule has 1 aromatic carbocycles.